The van der Waals surface area contributed by atoms with Crippen LogP contribution in [-0.2, 0) is 22.5 Å². The van der Waals surface area contributed by atoms with Gasteiger partial charge in [0.15, 0.2) is 0 Å². The van der Waals surface area contributed by atoms with Crippen LogP contribution in [0.25, 0.3) is 0 Å². The Morgan fingerprint density at radius 2 is 1.96 bits per heavy atom. The molecule has 0 saturated carbocycles. The second-order valence-electron chi connectivity index (χ2n) is 6.82. The van der Waals surface area contributed by atoms with E-state index in [-0.39, 0.29) is 18.0 Å². The van der Waals surface area contributed by atoms with E-state index < -0.39 is 0 Å². The van der Waals surface area contributed by atoms with Gasteiger partial charge in [-0.3, -0.25) is 9.69 Å². The molecular formula is C18H25FN2O3. The van der Waals surface area contributed by atoms with Crippen molar-refractivity contribution in [3.63, 3.8) is 0 Å². The van der Waals surface area contributed by atoms with Crippen LogP contribution in [-0.4, -0.2) is 66.3 Å². The molecule has 1 aromatic carbocycles. The number of hydrogen-bond donors (Lipinski definition) is 1. The summed E-state index contributed by atoms with van der Waals surface area (Å²) in [7, 11) is 0. The molecule has 1 N–H and O–H groups in total. The zero-order valence-corrected chi connectivity index (χ0v) is 13.9. The Hall–Kier alpha value is -1.50. The molecule has 5 nitrogen and oxygen atoms in total. The highest BCUT2D eigenvalue weighted by molar-refractivity contribution is 5.47. The smallest absolute Gasteiger partial charge is 0.209 e. The number of amides is 1. The van der Waals surface area contributed by atoms with Crippen LogP contribution in [0.5, 0.6) is 0 Å². The summed E-state index contributed by atoms with van der Waals surface area (Å²) in [6, 6.07) is 5.01. The van der Waals surface area contributed by atoms with Crippen molar-refractivity contribution in [2.24, 2.45) is 0 Å². The van der Waals surface area contributed by atoms with Gasteiger partial charge in [0.1, 0.15) is 5.82 Å². The molecule has 0 unspecified atom stereocenters. The van der Waals surface area contributed by atoms with E-state index in [0.29, 0.717) is 32.7 Å². The van der Waals surface area contributed by atoms with E-state index >= 15 is 0 Å². The van der Waals surface area contributed by atoms with Crippen LogP contribution in [0.1, 0.15) is 24.0 Å². The lowest BCUT2D eigenvalue weighted by atomic mass is 9.89. The number of aliphatic hydroxyl groups excluding tert-OH is 1. The molecule has 1 spiro atoms. The number of halogens is 1. The van der Waals surface area contributed by atoms with Crippen molar-refractivity contribution in [1.29, 1.82) is 0 Å². The highest BCUT2D eigenvalue weighted by atomic mass is 19.1. The number of likely N-dealkylation sites (tertiary alicyclic amines) is 1. The molecule has 6 heteroatoms. The molecule has 3 rings (SSSR count). The normalized spacial score (nSPS) is 21.2. The molecule has 24 heavy (non-hydrogen) atoms. The van der Waals surface area contributed by atoms with Gasteiger partial charge in [-0.2, -0.15) is 0 Å². The van der Waals surface area contributed by atoms with Gasteiger partial charge < -0.3 is 14.7 Å². The van der Waals surface area contributed by atoms with Crippen molar-refractivity contribution in [1.82, 2.24) is 9.80 Å². The van der Waals surface area contributed by atoms with Gasteiger partial charge in [0.25, 0.3) is 0 Å². The molecule has 0 aromatic heterocycles. The molecule has 0 radical (unpaired) electrons. The minimum absolute atomic E-state index is 0.0275. The van der Waals surface area contributed by atoms with Gasteiger partial charge in [0, 0.05) is 39.3 Å². The first-order valence-corrected chi connectivity index (χ1v) is 8.57. The number of morpholine rings is 1. The third kappa shape index (κ3) is 4.12. The van der Waals surface area contributed by atoms with Crippen LogP contribution in [0.3, 0.4) is 0 Å². The number of nitrogens with zero attached hydrogens (tertiary/aromatic N) is 2. The second-order valence-corrected chi connectivity index (χ2v) is 6.82. The minimum atomic E-state index is -0.248. The standard InChI is InChI=1S/C18H25FN2O3/c19-17-10-15(1-7-22)9-16(11-17)12-20-4-2-18(3-5-20)13-21(14-23)6-8-24-18/h9-11,14,22H,1-8,12-13H2. The molecule has 2 aliphatic heterocycles. The van der Waals surface area contributed by atoms with Crippen molar-refractivity contribution in [3.05, 3.63) is 35.1 Å². The average molecular weight is 336 g/mol. The summed E-state index contributed by atoms with van der Waals surface area (Å²) in [4.78, 5) is 15.1. The van der Waals surface area contributed by atoms with Crippen molar-refractivity contribution in [2.75, 3.05) is 39.4 Å². The summed E-state index contributed by atoms with van der Waals surface area (Å²) in [5, 5.41) is 9.03. The summed E-state index contributed by atoms with van der Waals surface area (Å²) in [6.45, 7) is 4.42. The van der Waals surface area contributed by atoms with Crippen LogP contribution in [0.2, 0.25) is 0 Å². The Labute approximate surface area is 142 Å². The first-order valence-electron chi connectivity index (χ1n) is 8.57. The first kappa shape index (κ1) is 17.3. The molecule has 0 aliphatic carbocycles. The fraction of sp³-hybridized carbons (Fsp3) is 0.611. The van der Waals surface area contributed by atoms with E-state index in [4.69, 9.17) is 9.84 Å². The van der Waals surface area contributed by atoms with Gasteiger partial charge in [-0.1, -0.05) is 6.07 Å². The fourth-order valence-electron chi connectivity index (χ4n) is 3.73. The Morgan fingerprint density at radius 3 is 2.67 bits per heavy atom. The summed E-state index contributed by atoms with van der Waals surface area (Å²) in [5.74, 6) is -0.248. The molecule has 1 aromatic rings. The molecule has 2 aliphatic rings. The minimum Gasteiger partial charge on any atom is -0.396 e. The Morgan fingerprint density at radius 1 is 1.21 bits per heavy atom. The second kappa shape index (κ2) is 7.59. The maximum Gasteiger partial charge on any atom is 0.209 e. The van der Waals surface area contributed by atoms with Gasteiger partial charge in [-0.25, -0.2) is 4.39 Å². The maximum atomic E-state index is 13.7. The lowest BCUT2D eigenvalue weighted by molar-refractivity contribution is -0.150. The average Bonchev–Trinajstić information content (AvgIpc) is 2.57. The molecule has 1 amide bonds. The topological polar surface area (TPSA) is 53.0 Å². The lowest BCUT2D eigenvalue weighted by Gasteiger charge is -2.46. The van der Waals surface area contributed by atoms with E-state index in [9.17, 15) is 9.18 Å². The summed E-state index contributed by atoms with van der Waals surface area (Å²) < 4.78 is 19.7. The van der Waals surface area contributed by atoms with Crippen molar-refractivity contribution in [3.8, 4) is 0 Å². The molecule has 2 fully saturated rings. The van der Waals surface area contributed by atoms with Crippen LogP contribution in [0.15, 0.2) is 18.2 Å². The van der Waals surface area contributed by atoms with E-state index in [1.54, 1.807) is 11.0 Å². The number of carbonyl (C=O) groups is 1. The number of aliphatic hydroxyl groups is 1. The fourth-order valence-corrected chi connectivity index (χ4v) is 3.73. The van der Waals surface area contributed by atoms with E-state index in [1.165, 1.54) is 6.07 Å². The highest BCUT2D eigenvalue weighted by Gasteiger charge is 2.39. The third-order valence-electron chi connectivity index (χ3n) is 5.02. The predicted molar refractivity (Wildman–Crippen MR) is 88.0 cm³/mol. The summed E-state index contributed by atoms with van der Waals surface area (Å²) >= 11 is 0. The molecular weight excluding hydrogens is 311 g/mol. The Balaban J connectivity index is 1.58. The molecule has 0 bridgehead atoms. The van der Waals surface area contributed by atoms with E-state index in [1.807, 2.05) is 6.07 Å². The van der Waals surface area contributed by atoms with Gasteiger partial charge in [-0.05, 0) is 42.5 Å². The van der Waals surface area contributed by atoms with Crippen LogP contribution in [0.4, 0.5) is 4.39 Å². The van der Waals surface area contributed by atoms with Gasteiger partial charge in [0.2, 0.25) is 6.41 Å². The van der Waals surface area contributed by atoms with E-state index in [2.05, 4.69) is 4.90 Å². The number of piperidine rings is 1. The molecule has 2 heterocycles. The van der Waals surface area contributed by atoms with Crippen molar-refractivity contribution in [2.45, 2.75) is 31.4 Å². The Kier molecular flexibility index (Phi) is 5.48. The zero-order valence-electron chi connectivity index (χ0n) is 13.9. The largest absolute Gasteiger partial charge is 0.396 e. The van der Waals surface area contributed by atoms with Crippen LogP contribution < -0.4 is 0 Å². The lowest BCUT2D eigenvalue weighted by Crippen LogP contribution is -2.56. The predicted octanol–water partition coefficient (Wildman–Crippen LogP) is 1.18. The highest BCUT2D eigenvalue weighted by Crippen LogP contribution is 2.30. The summed E-state index contributed by atoms with van der Waals surface area (Å²) in [6.07, 6.45) is 3.15. The zero-order chi connectivity index (χ0) is 17.0. The molecule has 0 atom stereocenters. The molecule has 132 valence electrons. The maximum absolute atomic E-state index is 13.7. The van der Waals surface area contributed by atoms with Crippen molar-refractivity contribution >= 4 is 6.41 Å². The van der Waals surface area contributed by atoms with Crippen LogP contribution in [0, 0.1) is 5.82 Å². The number of ether oxygens (including phenoxy) is 1. The van der Waals surface area contributed by atoms with Crippen molar-refractivity contribution < 1.29 is 19.0 Å². The van der Waals surface area contributed by atoms with Gasteiger partial charge >= 0.3 is 0 Å². The third-order valence-corrected chi connectivity index (χ3v) is 5.02. The number of benzene rings is 1. The quantitative estimate of drug-likeness (QED) is 0.821. The van der Waals surface area contributed by atoms with Crippen LogP contribution >= 0.6 is 0 Å². The molecule has 2 saturated heterocycles. The Bertz CT molecular complexity index is 573. The number of carbonyl (C=O) groups excluding carboxylic acids is 1. The number of rotatable bonds is 5. The van der Waals surface area contributed by atoms with Gasteiger partial charge in [0.05, 0.1) is 12.2 Å². The monoisotopic (exact) mass is 336 g/mol. The first-order chi connectivity index (χ1) is 11.6. The van der Waals surface area contributed by atoms with E-state index in [0.717, 1.165) is 43.5 Å². The van der Waals surface area contributed by atoms with Gasteiger partial charge in [-0.15, -0.1) is 0 Å². The number of hydrogen-bond acceptors (Lipinski definition) is 4. The SMILES string of the molecule is O=CN1CCOC2(CCN(Cc3cc(F)cc(CCO)c3)CC2)C1. The summed E-state index contributed by atoms with van der Waals surface area (Å²) in [5.41, 5.74) is 1.56.